The Morgan fingerprint density at radius 3 is 2.58 bits per heavy atom. The number of hydrogen-bond donors (Lipinski definition) is 2. The van der Waals surface area contributed by atoms with Crippen LogP contribution in [0.3, 0.4) is 0 Å². The predicted octanol–water partition coefficient (Wildman–Crippen LogP) is 2.37. The van der Waals surface area contributed by atoms with Gasteiger partial charge in [-0.05, 0) is 52.6 Å². The van der Waals surface area contributed by atoms with Crippen LogP contribution in [0.4, 0.5) is 0 Å². The summed E-state index contributed by atoms with van der Waals surface area (Å²) in [6.45, 7) is 5.90. The van der Waals surface area contributed by atoms with E-state index in [0.29, 0.717) is 6.04 Å². The molecule has 1 saturated heterocycles. The van der Waals surface area contributed by atoms with Gasteiger partial charge < -0.3 is 15.5 Å². The number of nitrogens with one attached hydrogen (secondary N) is 2. The largest absolute Gasteiger partial charge is 0.314 e. The molecule has 1 aliphatic heterocycles. The van der Waals surface area contributed by atoms with E-state index >= 15 is 0 Å². The molecule has 2 aliphatic rings. The van der Waals surface area contributed by atoms with Crippen LogP contribution in [0, 0.1) is 0 Å². The van der Waals surface area contributed by atoms with Gasteiger partial charge in [-0.15, -0.1) is 0 Å². The summed E-state index contributed by atoms with van der Waals surface area (Å²) in [6.07, 6.45) is 11.1. The summed E-state index contributed by atoms with van der Waals surface area (Å²) in [5.41, 5.74) is 0. The highest BCUT2D eigenvalue weighted by Gasteiger charge is 2.19. The second kappa shape index (κ2) is 8.23. The number of rotatable bonds is 7. The molecule has 3 heteroatoms. The fraction of sp³-hybridized carbons (Fsp3) is 1.00. The molecular formula is C16H33N3. The van der Waals surface area contributed by atoms with E-state index in [1.165, 1.54) is 64.5 Å². The van der Waals surface area contributed by atoms with E-state index in [-0.39, 0.29) is 0 Å². The molecule has 2 fully saturated rings. The Balaban J connectivity index is 1.54. The summed E-state index contributed by atoms with van der Waals surface area (Å²) in [5, 5.41) is 7.35. The van der Waals surface area contributed by atoms with E-state index in [9.17, 15) is 0 Å². The van der Waals surface area contributed by atoms with Crippen molar-refractivity contribution >= 4 is 0 Å². The zero-order chi connectivity index (χ0) is 13.5. The third kappa shape index (κ3) is 5.41. The van der Waals surface area contributed by atoms with Crippen molar-refractivity contribution in [2.24, 2.45) is 0 Å². The van der Waals surface area contributed by atoms with Gasteiger partial charge in [-0.1, -0.05) is 19.3 Å². The lowest BCUT2D eigenvalue weighted by Gasteiger charge is -2.28. The molecule has 0 aromatic heterocycles. The van der Waals surface area contributed by atoms with Gasteiger partial charge >= 0.3 is 0 Å². The van der Waals surface area contributed by atoms with Crippen molar-refractivity contribution in [2.45, 2.75) is 76.4 Å². The van der Waals surface area contributed by atoms with Crippen molar-refractivity contribution < 1.29 is 0 Å². The third-order valence-corrected chi connectivity index (χ3v) is 4.96. The molecular weight excluding hydrogens is 234 g/mol. The van der Waals surface area contributed by atoms with E-state index in [4.69, 9.17) is 0 Å². The molecule has 0 aromatic rings. The first-order valence-electron chi connectivity index (χ1n) is 8.42. The third-order valence-electron chi connectivity index (χ3n) is 4.96. The average molecular weight is 267 g/mol. The van der Waals surface area contributed by atoms with Gasteiger partial charge in [0.05, 0.1) is 0 Å². The van der Waals surface area contributed by atoms with Crippen LogP contribution in [0.2, 0.25) is 0 Å². The first kappa shape index (κ1) is 15.3. The van der Waals surface area contributed by atoms with Crippen LogP contribution in [-0.4, -0.2) is 49.7 Å². The molecule has 2 rings (SSSR count). The lowest BCUT2D eigenvalue weighted by Crippen LogP contribution is -2.42. The maximum Gasteiger partial charge on any atom is 0.0107 e. The first-order valence-corrected chi connectivity index (χ1v) is 8.42. The number of piperidine rings is 1. The highest BCUT2D eigenvalue weighted by Crippen LogP contribution is 2.21. The van der Waals surface area contributed by atoms with Crippen LogP contribution in [-0.2, 0) is 0 Å². The Hall–Kier alpha value is -0.120. The lowest BCUT2D eigenvalue weighted by molar-refractivity contribution is 0.240. The first-order chi connectivity index (χ1) is 9.25. The Kier molecular flexibility index (Phi) is 6.62. The van der Waals surface area contributed by atoms with Crippen LogP contribution in [0.15, 0.2) is 0 Å². The van der Waals surface area contributed by atoms with Gasteiger partial charge in [-0.3, -0.25) is 0 Å². The molecule has 3 nitrogen and oxygen atoms in total. The molecule has 1 heterocycles. The minimum absolute atomic E-state index is 0.646. The quantitative estimate of drug-likeness (QED) is 0.741. The molecule has 0 aromatic carbocycles. The second-order valence-electron chi connectivity index (χ2n) is 6.66. The molecule has 1 aliphatic carbocycles. The lowest BCUT2D eigenvalue weighted by atomic mass is 9.99. The fourth-order valence-electron chi connectivity index (χ4n) is 3.65. The van der Waals surface area contributed by atoms with Crippen molar-refractivity contribution in [3.8, 4) is 0 Å². The highest BCUT2D eigenvalue weighted by atomic mass is 15.1. The summed E-state index contributed by atoms with van der Waals surface area (Å²) in [7, 11) is 2.30. The fourth-order valence-corrected chi connectivity index (χ4v) is 3.65. The van der Waals surface area contributed by atoms with Crippen LogP contribution in [0.5, 0.6) is 0 Å². The topological polar surface area (TPSA) is 27.3 Å². The second-order valence-corrected chi connectivity index (χ2v) is 6.66. The molecule has 0 spiro atoms. The Morgan fingerprint density at radius 1 is 1.16 bits per heavy atom. The molecule has 2 unspecified atom stereocenters. The smallest absolute Gasteiger partial charge is 0.0107 e. The monoisotopic (exact) mass is 267 g/mol. The van der Waals surface area contributed by atoms with Crippen molar-refractivity contribution in [1.82, 2.24) is 15.5 Å². The Bertz CT molecular complexity index is 232. The van der Waals surface area contributed by atoms with Crippen LogP contribution < -0.4 is 10.6 Å². The maximum atomic E-state index is 3.70. The molecule has 0 amide bonds. The summed E-state index contributed by atoms with van der Waals surface area (Å²) in [6, 6.07) is 2.26. The molecule has 2 N–H and O–H groups in total. The zero-order valence-electron chi connectivity index (χ0n) is 13.0. The minimum atomic E-state index is 0.646. The summed E-state index contributed by atoms with van der Waals surface area (Å²) in [4.78, 5) is 2.56. The van der Waals surface area contributed by atoms with Gasteiger partial charge in [-0.25, -0.2) is 0 Å². The molecule has 112 valence electrons. The van der Waals surface area contributed by atoms with Crippen LogP contribution in [0.1, 0.15) is 58.3 Å². The predicted molar refractivity (Wildman–Crippen MR) is 82.6 cm³/mol. The van der Waals surface area contributed by atoms with Gasteiger partial charge in [0, 0.05) is 31.2 Å². The molecule has 0 radical (unpaired) electrons. The van der Waals surface area contributed by atoms with Crippen molar-refractivity contribution in [2.75, 3.05) is 26.7 Å². The van der Waals surface area contributed by atoms with Gasteiger partial charge in [0.25, 0.3) is 0 Å². The van der Waals surface area contributed by atoms with Gasteiger partial charge in [0.1, 0.15) is 0 Å². The van der Waals surface area contributed by atoms with E-state index in [0.717, 1.165) is 18.6 Å². The van der Waals surface area contributed by atoms with Gasteiger partial charge in [0.2, 0.25) is 0 Å². The molecule has 1 saturated carbocycles. The van der Waals surface area contributed by atoms with Gasteiger partial charge in [0.15, 0.2) is 0 Å². The van der Waals surface area contributed by atoms with Crippen LogP contribution in [0.25, 0.3) is 0 Å². The number of nitrogens with zero attached hydrogens (tertiary/aromatic N) is 1. The average Bonchev–Trinajstić information content (AvgIpc) is 2.93. The summed E-state index contributed by atoms with van der Waals surface area (Å²) in [5.74, 6) is 0. The van der Waals surface area contributed by atoms with Crippen LogP contribution >= 0.6 is 0 Å². The zero-order valence-corrected chi connectivity index (χ0v) is 13.0. The molecule has 2 atom stereocenters. The van der Waals surface area contributed by atoms with E-state index in [2.05, 4.69) is 29.5 Å². The highest BCUT2D eigenvalue weighted by molar-refractivity contribution is 4.78. The SMILES string of the molecule is CC(CC1CCCCN1)NCCN(C)C1CCCC1. The minimum Gasteiger partial charge on any atom is -0.314 e. The standard InChI is InChI=1S/C16H33N3/c1-14(13-15-7-5-6-10-18-15)17-11-12-19(2)16-8-3-4-9-16/h14-18H,3-13H2,1-2H3. The molecule has 19 heavy (non-hydrogen) atoms. The van der Waals surface area contributed by atoms with Crippen molar-refractivity contribution in [3.05, 3.63) is 0 Å². The summed E-state index contributed by atoms with van der Waals surface area (Å²) < 4.78 is 0. The van der Waals surface area contributed by atoms with E-state index < -0.39 is 0 Å². The molecule has 0 bridgehead atoms. The summed E-state index contributed by atoms with van der Waals surface area (Å²) >= 11 is 0. The normalized spacial score (nSPS) is 27.0. The maximum absolute atomic E-state index is 3.70. The Morgan fingerprint density at radius 2 is 1.89 bits per heavy atom. The number of likely N-dealkylation sites (N-methyl/N-ethyl adjacent to an activating group) is 1. The van der Waals surface area contributed by atoms with E-state index in [1.807, 2.05) is 0 Å². The van der Waals surface area contributed by atoms with E-state index in [1.54, 1.807) is 0 Å². The number of hydrogen-bond acceptors (Lipinski definition) is 3. The Labute approximate surface area is 119 Å². The van der Waals surface area contributed by atoms with Gasteiger partial charge in [-0.2, -0.15) is 0 Å². The van der Waals surface area contributed by atoms with Crippen molar-refractivity contribution in [1.29, 1.82) is 0 Å². The van der Waals surface area contributed by atoms with Crippen molar-refractivity contribution in [3.63, 3.8) is 0 Å².